The molecule has 0 spiro atoms. The fourth-order valence-electron chi connectivity index (χ4n) is 1.41. The predicted molar refractivity (Wildman–Crippen MR) is 60.2 cm³/mol. The normalized spacial score (nSPS) is 10.6. The van der Waals surface area contributed by atoms with E-state index in [4.69, 9.17) is 0 Å². The summed E-state index contributed by atoms with van der Waals surface area (Å²) in [6, 6.07) is 0. The first-order chi connectivity index (χ1) is 6.41. The van der Waals surface area contributed by atoms with Gasteiger partial charge in [0.25, 0.3) is 0 Å². The minimum absolute atomic E-state index is 1.10. The second-order valence-electron chi connectivity index (χ2n) is 3.79. The van der Waals surface area contributed by atoms with E-state index < -0.39 is 0 Å². The number of rotatable bonds is 10. The third kappa shape index (κ3) is 12.0. The van der Waals surface area contributed by atoms with Gasteiger partial charge in [-0.2, -0.15) is 0 Å². The number of hydrogen-bond donors (Lipinski definition) is 0. The van der Waals surface area contributed by atoms with E-state index in [2.05, 4.69) is 19.2 Å². The molecule has 0 aliphatic heterocycles. The monoisotopic (exact) mass is 184 g/mol. The largest absolute Gasteiger partial charge is 0.242 e. The van der Waals surface area contributed by atoms with Crippen LogP contribution in [0.25, 0.3) is 0 Å². The summed E-state index contributed by atoms with van der Waals surface area (Å²) in [5.74, 6) is 0. The Balaban J connectivity index is 2.76. The van der Waals surface area contributed by atoms with E-state index in [0.29, 0.717) is 0 Å². The summed E-state index contributed by atoms with van der Waals surface area (Å²) in [4.78, 5) is 0. The first-order valence-electron chi connectivity index (χ1n) is 6.05. The topological polar surface area (TPSA) is 14.1 Å². The van der Waals surface area contributed by atoms with Gasteiger partial charge in [0.2, 0.25) is 0 Å². The van der Waals surface area contributed by atoms with Crippen LogP contribution in [-0.2, 0) is 0 Å². The van der Waals surface area contributed by atoms with Crippen LogP contribution in [0, 0.1) is 0 Å². The zero-order valence-corrected chi connectivity index (χ0v) is 9.52. The van der Waals surface area contributed by atoms with Crippen molar-refractivity contribution in [2.75, 3.05) is 13.1 Å². The number of nitrogens with zero attached hydrogens (tertiary/aromatic N) is 1. The Labute approximate surface area is 84.3 Å². The zero-order chi connectivity index (χ0) is 9.78. The molecule has 0 N–H and O–H groups in total. The molecule has 0 aromatic carbocycles. The highest BCUT2D eigenvalue weighted by Gasteiger charge is 1.90. The highest BCUT2D eigenvalue weighted by atomic mass is 14.8. The smallest absolute Gasteiger partial charge is 0.0133 e. The molecule has 0 unspecified atom stereocenters. The molecule has 0 bridgehead atoms. The van der Waals surface area contributed by atoms with Crippen molar-refractivity contribution in [1.29, 1.82) is 0 Å². The zero-order valence-electron chi connectivity index (χ0n) is 9.52. The summed E-state index contributed by atoms with van der Waals surface area (Å²) in [7, 11) is 0. The highest BCUT2D eigenvalue weighted by Crippen LogP contribution is 1.99. The van der Waals surface area contributed by atoms with Crippen LogP contribution >= 0.6 is 0 Å². The second-order valence-corrected chi connectivity index (χ2v) is 3.79. The van der Waals surface area contributed by atoms with Gasteiger partial charge in [-0.15, -0.1) is 0 Å². The van der Waals surface area contributed by atoms with Crippen LogP contribution in [0.2, 0.25) is 0 Å². The molecule has 0 fully saturated rings. The summed E-state index contributed by atoms with van der Waals surface area (Å²) in [5.41, 5.74) is 0. The Morgan fingerprint density at radius 1 is 0.615 bits per heavy atom. The van der Waals surface area contributed by atoms with E-state index >= 15 is 0 Å². The van der Waals surface area contributed by atoms with Gasteiger partial charge in [0.1, 0.15) is 0 Å². The molecule has 0 aromatic heterocycles. The molecule has 0 aliphatic carbocycles. The highest BCUT2D eigenvalue weighted by molar-refractivity contribution is 4.49. The second kappa shape index (κ2) is 12.0. The van der Waals surface area contributed by atoms with E-state index in [-0.39, 0.29) is 0 Å². The van der Waals surface area contributed by atoms with Gasteiger partial charge in [-0.3, -0.25) is 0 Å². The lowest BCUT2D eigenvalue weighted by molar-refractivity contribution is 0.557. The minimum Gasteiger partial charge on any atom is -0.242 e. The van der Waals surface area contributed by atoms with Crippen molar-refractivity contribution in [2.24, 2.45) is 0 Å². The van der Waals surface area contributed by atoms with E-state index in [9.17, 15) is 0 Å². The Hall–Kier alpha value is -0.0400. The van der Waals surface area contributed by atoms with Gasteiger partial charge in [-0.1, -0.05) is 52.4 Å². The van der Waals surface area contributed by atoms with Gasteiger partial charge in [-0.05, 0) is 12.8 Å². The Morgan fingerprint density at radius 2 is 1.08 bits per heavy atom. The molecular weight excluding hydrogens is 158 g/mol. The maximum absolute atomic E-state index is 4.51. The lowest BCUT2D eigenvalue weighted by atomic mass is 10.2. The van der Waals surface area contributed by atoms with Crippen LogP contribution < -0.4 is 5.32 Å². The fourth-order valence-corrected chi connectivity index (χ4v) is 1.41. The average Bonchev–Trinajstić information content (AvgIpc) is 2.16. The van der Waals surface area contributed by atoms with Crippen LogP contribution in [-0.4, -0.2) is 13.1 Å². The van der Waals surface area contributed by atoms with Crippen molar-refractivity contribution in [2.45, 2.75) is 65.2 Å². The first-order valence-corrected chi connectivity index (χ1v) is 6.05. The van der Waals surface area contributed by atoms with Crippen LogP contribution in [0.3, 0.4) is 0 Å². The van der Waals surface area contributed by atoms with Gasteiger partial charge in [0.05, 0.1) is 0 Å². The van der Waals surface area contributed by atoms with Crippen LogP contribution in [0.5, 0.6) is 0 Å². The van der Waals surface area contributed by atoms with Gasteiger partial charge in [0.15, 0.2) is 0 Å². The maximum Gasteiger partial charge on any atom is 0.0133 e. The Kier molecular flexibility index (Phi) is 11.9. The number of unbranched alkanes of at least 4 members (excludes halogenated alkanes) is 6. The standard InChI is InChI=1S/C12H26N/c1-3-5-7-9-11-13-12-10-8-6-4-2/h3-12H2,1-2H3. The van der Waals surface area contributed by atoms with Crippen molar-refractivity contribution in [3.05, 3.63) is 0 Å². The van der Waals surface area contributed by atoms with Crippen molar-refractivity contribution in [3.8, 4) is 0 Å². The quantitative estimate of drug-likeness (QED) is 0.459. The Bertz CT molecular complexity index is 71.2. The molecule has 13 heavy (non-hydrogen) atoms. The molecule has 0 aliphatic rings. The molecule has 0 aromatic rings. The van der Waals surface area contributed by atoms with Gasteiger partial charge in [0, 0.05) is 13.1 Å². The molecule has 1 heteroatoms. The lowest BCUT2D eigenvalue weighted by Gasteiger charge is -2.01. The fraction of sp³-hybridized carbons (Fsp3) is 1.00. The van der Waals surface area contributed by atoms with Crippen molar-refractivity contribution in [1.82, 2.24) is 5.32 Å². The molecule has 0 saturated carbocycles. The maximum atomic E-state index is 4.51. The van der Waals surface area contributed by atoms with Crippen molar-refractivity contribution >= 4 is 0 Å². The molecule has 0 atom stereocenters. The molecule has 0 amide bonds. The SMILES string of the molecule is CCCCCC[N]CCCCCC. The predicted octanol–water partition coefficient (Wildman–Crippen LogP) is 3.75. The summed E-state index contributed by atoms with van der Waals surface area (Å²) < 4.78 is 0. The summed E-state index contributed by atoms with van der Waals surface area (Å²) in [6.07, 6.45) is 10.8. The average molecular weight is 184 g/mol. The molecule has 0 heterocycles. The van der Waals surface area contributed by atoms with Crippen LogP contribution in [0.4, 0.5) is 0 Å². The summed E-state index contributed by atoms with van der Waals surface area (Å²) >= 11 is 0. The molecule has 0 saturated heterocycles. The minimum atomic E-state index is 1.10. The summed E-state index contributed by atoms with van der Waals surface area (Å²) in [5, 5.41) is 4.51. The van der Waals surface area contributed by atoms with E-state index in [1.54, 1.807) is 0 Å². The van der Waals surface area contributed by atoms with Crippen LogP contribution in [0.15, 0.2) is 0 Å². The lowest BCUT2D eigenvalue weighted by Crippen LogP contribution is -2.08. The van der Waals surface area contributed by atoms with Gasteiger partial charge < -0.3 is 0 Å². The number of hydrogen-bond acceptors (Lipinski definition) is 0. The molecule has 0 rings (SSSR count). The third-order valence-corrected chi connectivity index (χ3v) is 2.34. The first kappa shape index (κ1) is 13.0. The van der Waals surface area contributed by atoms with Crippen molar-refractivity contribution in [3.63, 3.8) is 0 Å². The van der Waals surface area contributed by atoms with Crippen LogP contribution in [0.1, 0.15) is 65.2 Å². The van der Waals surface area contributed by atoms with Crippen molar-refractivity contribution < 1.29 is 0 Å². The van der Waals surface area contributed by atoms with E-state index in [1.807, 2.05) is 0 Å². The van der Waals surface area contributed by atoms with E-state index in [0.717, 1.165) is 13.1 Å². The molecule has 79 valence electrons. The van der Waals surface area contributed by atoms with Gasteiger partial charge >= 0.3 is 0 Å². The molecule has 1 radical (unpaired) electrons. The Morgan fingerprint density at radius 3 is 1.46 bits per heavy atom. The summed E-state index contributed by atoms with van der Waals surface area (Å²) in [6.45, 7) is 6.71. The van der Waals surface area contributed by atoms with Gasteiger partial charge in [-0.25, -0.2) is 5.32 Å². The van der Waals surface area contributed by atoms with E-state index in [1.165, 1.54) is 51.4 Å². The molecule has 1 nitrogen and oxygen atoms in total. The molecular formula is C12H26N. The third-order valence-electron chi connectivity index (χ3n) is 2.34.